The van der Waals surface area contributed by atoms with Crippen LogP contribution in [0.1, 0.15) is 6.42 Å². The summed E-state index contributed by atoms with van der Waals surface area (Å²) >= 11 is 0. The maximum Gasteiger partial charge on any atom is 0.167 e. The van der Waals surface area contributed by atoms with Crippen molar-refractivity contribution in [3.63, 3.8) is 0 Å². The van der Waals surface area contributed by atoms with E-state index in [1.165, 1.54) is 0 Å². The number of nitriles is 1. The van der Waals surface area contributed by atoms with Gasteiger partial charge in [0.1, 0.15) is 0 Å². The molecule has 0 amide bonds. The molecule has 5 nitrogen and oxygen atoms in total. The Bertz CT molecular complexity index is 163. The first-order valence-corrected chi connectivity index (χ1v) is 6.08. The number of rotatable bonds is 9. The molecule has 0 saturated carbocycles. The van der Waals surface area contributed by atoms with Gasteiger partial charge in [0.15, 0.2) is 8.38 Å². The Labute approximate surface area is 86.0 Å². The predicted octanol–water partition coefficient (Wildman–Crippen LogP) is 0.850. The molecule has 0 saturated heterocycles. The zero-order chi connectivity index (χ0) is 10.6. The van der Waals surface area contributed by atoms with Crippen molar-refractivity contribution in [2.45, 2.75) is 6.42 Å². The van der Waals surface area contributed by atoms with Crippen LogP contribution in [0.5, 0.6) is 0 Å². The van der Waals surface area contributed by atoms with Crippen molar-refractivity contribution in [1.29, 1.82) is 5.26 Å². The standard InChI is InChI=1S/C8H17N2O3P/c1-14(12-5-2-3-9)13-8-7-11-6-4-10/h2,4-8,10H2,1H3. The van der Waals surface area contributed by atoms with Crippen LogP contribution in [0.25, 0.3) is 0 Å². The second-order valence-corrected chi connectivity index (χ2v) is 3.81. The largest absolute Gasteiger partial charge is 0.378 e. The normalized spacial score (nSPS) is 12.4. The molecule has 2 N–H and O–H groups in total. The molecule has 0 aliphatic rings. The molecule has 0 aliphatic carbocycles. The lowest BCUT2D eigenvalue weighted by Gasteiger charge is -2.11. The van der Waals surface area contributed by atoms with Crippen LogP contribution in [0, 0.1) is 11.3 Å². The fourth-order valence-corrected chi connectivity index (χ4v) is 1.42. The van der Waals surface area contributed by atoms with Crippen molar-refractivity contribution in [1.82, 2.24) is 0 Å². The molecular weight excluding hydrogens is 203 g/mol. The van der Waals surface area contributed by atoms with Gasteiger partial charge in [0, 0.05) is 13.2 Å². The fraction of sp³-hybridized carbons (Fsp3) is 0.875. The molecule has 0 aromatic rings. The number of nitrogens with zero attached hydrogens (tertiary/aromatic N) is 1. The van der Waals surface area contributed by atoms with Crippen LogP contribution >= 0.6 is 8.38 Å². The summed E-state index contributed by atoms with van der Waals surface area (Å²) in [5.74, 6) is 0. The molecule has 0 heterocycles. The molecule has 0 bridgehead atoms. The van der Waals surface area contributed by atoms with Crippen LogP contribution in [-0.2, 0) is 13.8 Å². The van der Waals surface area contributed by atoms with Crippen molar-refractivity contribution in [3.05, 3.63) is 0 Å². The van der Waals surface area contributed by atoms with E-state index in [-0.39, 0.29) is 0 Å². The molecule has 0 aromatic carbocycles. The third-order valence-corrected chi connectivity index (χ3v) is 2.34. The summed E-state index contributed by atoms with van der Waals surface area (Å²) in [6.07, 6.45) is 0.402. The van der Waals surface area contributed by atoms with Gasteiger partial charge in [0.25, 0.3) is 0 Å². The van der Waals surface area contributed by atoms with Crippen LogP contribution in [0.2, 0.25) is 0 Å². The van der Waals surface area contributed by atoms with E-state index in [0.717, 1.165) is 0 Å². The van der Waals surface area contributed by atoms with Gasteiger partial charge in [-0.25, -0.2) is 0 Å². The van der Waals surface area contributed by atoms with Crippen LogP contribution in [0.4, 0.5) is 0 Å². The van der Waals surface area contributed by atoms with Crippen molar-refractivity contribution in [2.24, 2.45) is 5.73 Å². The summed E-state index contributed by atoms with van der Waals surface area (Å²) in [6, 6.07) is 2.00. The highest BCUT2D eigenvalue weighted by Gasteiger charge is 2.01. The first-order chi connectivity index (χ1) is 6.81. The summed E-state index contributed by atoms with van der Waals surface area (Å²) in [7, 11) is -0.875. The van der Waals surface area contributed by atoms with Gasteiger partial charge in [-0.05, 0) is 0 Å². The number of ether oxygens (including phenoxy) is 1. The minimum atomic E-state index is -0.875. The van der Waals surface area contributed by atoms with Crippen LogP contribution < -0.4 is 5.73 Å². The monoisotopic (exact) mass is 220 g/mol. The molecule has 0 rings (SSSR count). The van der Waals surface area contributed by atoms with E-state index in [1.807, 2.05) is 12.7 Å². The van der Waals surface area contributed by atoms with Crippen molar-refractivity contribution in [3.8, 4) is 6.07 Å². The molecule has 6 heteroatoms. The molecule has 1 unspecified atom stereocenters. The quantitative estimate of drug-likeness (QED) is 0.460. The van der Waals surface area contributed by atoms with Crippen LogP contribution in [0.3, 0.4) is 0 Å². The zero-order valence-corrected chi connectivity index (χ0v) is 9.33. The molecule has 0 aromatic heterocycles. The molecule has 1 atom stereocenters. The summed E-state index contributed by atoms with van der Waals surface area (Å²) in [5, 5.41) is 8.26. The Morgan fingerprint density at radius 2 is 1.93 bits per heavy atom. The van der Waals surface area contributed by atoms with Crippen molar-refractivity contribution >= 4 is 8.38 Å². The minimum Gasteiger partial charge on any atom is -0.378 e. The lowest BCUT2D eigenvalue weighted by molar-refractivity contribution is 0.104. The van der Waals surface area contributed by atoms with E-state index < -0.39 is 8.38 Å². The zero-order valence-electron chi connectivity index (χ0n) is 8.44. The van der Waals surface area contributed by atoms with E-state index >= 15 is 0 Å². The maximum absolute atomic E-state index is 8.26. The first-order valence-electron chi connectivity index (χ1n) is 4.45. The Kier molecular flexibility index (Phi) is 10.7. The predicted molar refractivity (Wildman–Crippen MR) is 54.9 cm³/mol. The van der Waals surface area contributed by atoms with Gasteiger partial charge < -0.3 is 19.5 Å². The van der Waals surface area contributed by atoms with Crippen molar-refractivity contribution in [2.75, 3.05) is 39.6 Å². The summed E-state index contributed by atoms with van der Waals surface area (Å²) in [4.78, 5) is 0. The van der Waals surface area contributed by atoms with E-state index in [4.69, 9.17) is 24.8 Å². The molecule has 0 spiro atoms. The van der Waals surface area contributed by atoms with E-state index in [9.17, 15) is 0 Å². The van der Waals surface area contributed by atoms with Gasteiger partial charge in [-0.15, -0.1) is 0 Å². The lowest BCUT2D eigenvalue weighted by Crippen LogP contribution is -2.11. The topological polar surface area (TPSA) is 77.5 Å². The Balaban J connectivity index is 3.10. The molecular formula is C8H17N2O3P. The smallest absolute Gasteiger partial charge is 0.167 e. The SMILES string of the molecule is CP(OCCC#N)OCCOCCN. The highest BCUT2D eigenvalue weighted by Crippen LogP contribution is 2.32. The Hall–Kier alpha value is -0.240. The van der Waals surface area contributed by atoms with Gasteiger partial charge in [-0.2, -0.15) is 5.26 Å². The van der Waals surface area contributed by atoms with Gasteiger partial charge in [-0.1, -0.05) is 0 Å². The number of nitrogens with two attached hydrogens (primary N) is 1. The maximum atomic E-state index is 8.26. The van der Waals surface area contributed by atoms with Gasteiger partial charge in [0.05, 0.1) is 38.9 Å². The Morgan fingerprint density at radius 3 is 2.57 bits per heavy atom. The third-order valence-electron chi connectivity index (χ3n) is 1.25. The summed E-state index contributed by atoms with van der Waals surface area (Å²) in [5.41, 5.74) is 5.23. The number of hydrogen-bond donors (Lipinski definition) is 1. The minimum absolute atomic E-state index is 0.402. The third kappa shape index (κ3) is 9.85. The molecule has 0 aliphatic heterocycles. The van der Waals surface area contributed by atoms with E-state index in [0.29, 0.717) is 39.4 Å². The van der Waals surface area contributed by atoms with Crippen LogP contribution in [-0.4, -0.2) is 39.6 Å². The van der Waals surface area contributed by atoms with E-state index in [2.05, 4.69) is 0 Å². The average molecular weight is 220 g/mol. The van der Waals surface area contributed by atoms with Crippen molar-refractivity contribution < 1.29 is 13.8 Å². The van der Waals surface area contributed by atoms with Gasteiger partial charge in [-0.3, -0.25) is 0 Å². The molecule has 0 radical (unpaired) electrons. The highest BCUT2D eigenvalue weighted by molar-refractivity contribution is 7.46. The van der Waals surface area contributed by atoms with Gasteiger partial charge >= 0.3 is 0 Å². The fourth-order valence-electron chi connectivity index (χ4n) is 0.667. The second kappa shape index (κ2) is 10.8. The highest BCUT2D eigenvalue weighted by atomic mass is 31.2. The molecule has 82 valence electrons. The van der Waals surface area contributed by atoms with Crippen LogP contribution in [0.15, 0.2) is 0 Å². The lowest BCUT2D eigenvalue weighted by atomic mass is 10.5. The van der Waals surface area contributed by atoms with E-state index in [1.54, 1.807) is 0 Å². The summed E-state index contributed by atoms with van der Waals surface area (Å²) in [6.45, 7) is 4.41. The molecule has 14 heavy (non-hydrogen) atoms. The Morgan fingerprint density at radius 1 is 1.21 bits per heavy atom. The average Bonchev–Trinajstić information content (AvgIpc) is 2.18. The van der Waals surface area contributed by atoms with Gasteiger partial charge in [0.2, 0.25) is 0 Å². The second-order valence-electron chi connectivity index (χ2n) is 2.42. The first kappa shape index (κ1) is 13.8. The summed E-state index contributed by atoms with van der Waals surface area (Å²) < 4.78 is 15.6. The number of hydrogen-bond acceptors (Lipinski definition) is 5. The molecule has 0 fully saturated rings.